The number of nitrogens with zero attached hydrogens (tertiary/aromatic N) is 1. The molecule has 1 heterocycles. The van der Waals surface area contributed by atoms with Gasteiger partial charge in [-0.3, -0.25) is 9.69 Å². The van der Waals surface area contributed by atoms with Gasteiger partial charge in [0, 0.05) is 19.0 Å². The summed E-state index contributed by atoms with van der Waals surface area (Å²) >= 11 is 0. The fraction of sp³-hybridized carbons (Fsp3) is 0.615. The number of nitrogens with two attached hydrogens (primary N) is 1. The topological polar surface area (TPSA) is 71.5 Å². The van der Waals surface area contributed by atoms with Gasteiger partial charge < -0.3 is 15.5 Å². The molecule has 0 radical (unpaired) electrons. The summed E-state index contributed by atoms with van der Waals surface area (Å²) in [6.45, 7) is 2.87. The maximum absolute atomic E-state index is 11.9. The highest BCUT2D eigenvalue weighted by Gasteiger charge is 2.20. The Balaban J connectivity index is 2.56. The number of hydrogen-bond donors (Lipinski definition) is 2. The van der Waals surface area contributed by atoms with Crippen LogP contribution >= 0.6 is 0 Å². The van der Waals surface area contributed by atoms with Crippen molar-refractivity contribution < 1.29 is 9.21 Å². The fourth-order valence-electron chi connectivity index (χ4n) is 1.82. The molecule has 102 valence electrons. The average molecular weight is 253 g/mol. The first-order chi connectivity index (χ1) is 8.60. The third kappa shape index (κ3) is 3.85. The minimum absolute atomic E-state index is 0.0124. The number of carbonyl (C=O) groups is 1. The van der Waals surface area contributed by atoms with Gasteiger partial charge in [0.15, 0.2) is 0 Å². The lowest BCUT2D eigenvalue weighted by molar-refractivity contribution is -0.125. The molecule has 3 N–H and O–H groups in total. The second kappa shape index (κ2) is 7.18. The number of nitrogens with one attached hydrogen (secondary N) is 1. The Morgan fingerprint density at radius 3 is 2.72 bits per heavy atom. The van der Waals surface area contributed by atoms with Crippen LogP contribution < -0.4 is 11.1 Å². The number of rotatable bonds is 7. The standard InChI is InChI=1S/C13H23N3O2/c1-4-10(8-14)13(17)15-9-11(16(2)3)12-6-5-7-18-12/h5-7,10-11H,4,8-9,14H2,1-3H3,(H,15,17). The lowest BCUT2D eigenvalue weighted by Crippen LogP contribution is -2.39. The second-order valence-electron chi connectivity index (χ2n) is 4.58. The van der Waals surface area contributed by atoms with Crippen molar-refractivity contribution in [2.45, 2.75) is 19.4 Å². The van der Waals surface area contributed by atoms with Crippen LogP contribution in [0.2, 0.25) is 0 Å². The minimum Gasteiger partial charge on any atom is -0.468 e. The predicted molar refractivity (Wildman–Crippen MR) is 71.0 cm³/mol. The Morgan fingerprint density at radius 1 is 1.56 bits per heavy atom. The molecule has 0 spiro atoms. The summed E-state index contributed by atoms with van der Waals surface area (Å²) in [5.74, 6) is 0.754. The number of likely N-dealkylation sites (N-methyl/N-ethyl adjacent to an activating group) is 1. The van der Waals surface area contributed by atoms with E-state index in [1.165, 1.54) is 0 Å². The maximum atomic E-state index is 11.9. The molecule has 18 heavy (non-hydrogen) atoms. The van der Waals surface area contributed by atoms with Crippen LogP contribution in [0.15, 0.2) is 22.8 Å². The highest BCUT2D eigenvalue weighted by atomic mass is 16.3. The zero-order valence-corrected chi connectivity index (χ0v) is 11.3. The molecule has 0 aliphatic carbocycles. The SMILES string of the molecule is CCC(CN)C(=O)NCC(c1ccco1)N(C)C. The van der Waals surface area contributed by atoms with Crippen LogP contribution in [0.3, 0.4) is 0 Å². The normalized spacial score (nSPS) is 14.5. The van der Waals surface area contributed by atoms with Gasteiger partial charge in [0.25, 0.3) is 0 Å². The van der Waals surface area contributed by atoms with Gasteiger partial charge in [0.2, 0.25) is 5.91 Å². The molecule has 2 unspecified atom stereocenters. The molecular formula is C13H23N3O2. The summed E-state index contributed by atoms with van der Waals surface area (Å²) in [5.41, 5.74) is 5.56. The second-order valence-corrected chi connectivity index (χ2v) is 4.58. The Kier molecular flexibility index (Phi) is 5.88. The number of furan rings is 1. The smallest absolute Gasteiger partial charge is 0.224 e. The molecule has 5 nitrogen and oxygen atoms in total. The van der Waals surface area contributed by atoms with Crippen molar-refractivity contribution in [2.24, 2.45) is 11.7 Å². The summed E-state index contributed by atoms with van der Waals surface area (Å²) in [6.07, 6.45) is 2.40. The lowest BCUT2D eigenvalue weighted by Gasteiger charge is -2.23. The number of hydrogen-bond acceptors (Lipinski definition) is 4. The van der Waals surface area contributed by atoms with Crippen LogP contribution in [0.5, 0.6) is 0 Å². The van der Waals surface area contributed by atoms with Gasteiger partial charge in [-0.2, -0.15) is 0 Å². The van der Waals surface area contributed by atoms with Crippen molar-refractivity contribution in [2.75, 3.05) is 27.2 Å². The molecule has 2 atom stereocenters. The van der Waals surface area contributed by atoms with Crippen LogP contribution in [-0.2, 0) is 4.79 Å². The molecule has 1 rings (SSSR count). The molecule has 0 aromatic carbocycles. The van der Waals surface area contributed by atoms with E-state index in [0.717, 1.165) is 12.2 Å². The van der Waals surface area contributed by atoms with Gasteiger partial charge >= 0.3 is 0 Å². The molecule has 0 fully saturated rings. The Labute approximate surface area is 108 Å². The summed E-state index contributed by atoms with van der Waals surface area (Å²) in [5, 5.41) is 2.93. The lowest BCUT2D eigenvalue weighted by atomic mass is 10.1. The zero-order valence-electron chi connectivity index (χ0n) is 11.3. The Hall–Kier alpha value is -1.33. The van der Waals surface area contributed by atoms with Crippen LogP contribution in [0, 0.1) is 5.92 Å². The molecule has 1 aromatic rings. The zero-order chi connectivity index (χ0) is 13.5. The summed E-state index contributed by atoms with van der Waals surface area (Å²) in [6, 6.07) is 3.80. The Bertz CT molecular complexity index is 345. The van der Waals surface area contributed by atoms with Crippen molar-refractivity contribution in [1.82, 2.24) is 10.2 Å². The van der Waals surface area contributed by atoms with E-state index in [-0.39, 0.29) is 17.9 Å². The largest absolute Gasteiger partial charge is 0.468 e. The molecular weight excluding hydrogens is 230 g/mol. The van der Waals surface area contributed by atoms with Crippen molar-refractivity contribution in [3.8, 4) is 0 Å². The number of carbonyl (C=O) groups excluding carboxylic acids is 1. The van der Waals surface area contributed by atoms with Crippen LogP contribution in [0.1, 0.15) is 25.1 Å². The Morgan fingerprint density at radius 2 is 2.28 bits per heavy atom. The summed E-state index contributed by atoms with van der Waals surface area (Å²) in [7, 11) is 3.92. The van der Waals surface area contributed by atoms with Crippen molar-refractivity contribution in [3.05, 3.63) is 24.2 Å². The van der Waals surface area contributed by atoms with Crippen LogP contribution in [-0.4, -0.2) is 38.0 Å². The minimum atomic E-state index is -0.107. The predicted octanol–water partition coefficient (Wildman–Crippen LogP) is 0.983. The van der Waals surface area contributed by atoms with E-state index < -0.39 is 0 Å². The monoisotopic (exact) mass is 253 g/mol. The molecule has 0 saturated heterocycles. The van der Waals surface area contributed by atoms with Gasteiger partial charge in [-0.1, -0.05) is 6.92 Å². The van der Waals surface area contributed by atoms with E-state index >= 15 is 0 Å². The van der Waals surface area contributed by atoms with E-state index in [2.05, 4.69) is 5.32 Å². The third-order valence-corrected chi connectivity index (χ3v) is 3.11. The number of amides is 1. The summed E-state index contributed by atoms with van der Waals surface area (Å²) in [4.78, 5) is 13.9. The molecule has 0 saturated carbocycles. The van der Waals surface area contributed by atoms with Crippen LogP contribution in [0.25, 0.3) is 0 Å². The fourth-order valence-corrected chi connectivity index (χ4v) is 1.82. The highest BCUT2D eigenvalue weighted by molar-refractivity contribution is 5.78. The molecule has 1 aromatic heterocycles. The van der Waals surface area contributed by atoms with Gasteiger partial charge in [-0.25, -0.2) is 0 Å². The quantitative estimate of drug-likeness (QED) is 0.760. The van der Waals surface area contributed by atoms with Gasteiger partial charge in [0.05, 0.1) is 12.3 Å². The first-order valence-corrected chi connectivity index (χ1v) is 6.27. The first-order valence-electron chi connectivity index (χ1n) is 6.27. The van der Waals surface area contributed by atoms with Gasteiger partial charge in [0.1, 0.15) is 5.76 Å². The maximum Gasteiger partial charge on any atom is 0.224 e. The van der Waals surface area contributed by atoms with E-state index in [0.29, 0.717) is 13.1 Å². The van der Waals surface area contributed by atoms with Crippen molar-refractivity contribution in [1.29, 1.82) is 0 Å². The molecule has 0 aliphatic rings. The first kappa shape index (κ1) is 14.7. The average Bonchev–Trinajstić information content (AvgIpc) is 2.84. The highest BCUT2D eigenvalue weighted by Crippen LogP contribution is 2.17. The van der Waals surface area contributed by atoms with Gasteiger partial charge in [-0.15, -0.1) is 0 Å². The van der Waals surface area contributed by atoms with Crippen molar-refractivity contribution in [3.63, 3.8) is 0 Å². The van der Waals surface area contributed by atoms with E-state index in [4.69, 9.17) is 10.2 Å². The summed E-state index contributed by atoms with van der Waals surface area (Å²) < 4.78 is 5.38. The molecule has 1 amide bonds. The van der Waals surface area contributed by atoms with Crippen molar-refractivity contribution >= 4 is 5.91 Å². The molecule has 0 bridgehead atoms. The van der Waals surface area contributed by atoms with Gasteiger partial charge in [-0.05, 0) is 32.6 Å². The van der Waals surface area contributed by atoms with E-state index in [1.54, 1.807) is 6.26 Å². The molecule has 5 heteroatoms. The van der Waals surface area contributed by atoms with Crippen LogP contribution in [0.4, 0.5) is 0 Å². The molecule has 0 aliphatic heterocycles. The van der Waals surface area contributed by atoms with E-state index in [9.17, 15) is 4.79 Å². The van der Waals surface area contributed by atoms with E-state index in [1.807, 2.05) is 38.1 Å². The third-order valence-electron chi connectivity index (χ3n) is 3.11.